The van der Waals surface area contributed by atoms with Gasteiger partial charge in [0.15, 0.2) is 0 Å². The minimum absolute atomic E-state index is 0. The molecule has 0 spiro atoms. The van der Waals surface area contributed by atoms with Gasteiger partial charge in [0, 0.05) is 23.0 Å². The summed E-state index contributed by atoms with van der Waals surface area (Å²) in [7, 11) is 0.962. The van der Waals surface area contributed by atoms with Crippen molar-refractivity contribution in [3.05, 3.63) is 50.9 Å². The first-order chi connectivity index (χ1) is 7.86. The normalized spacial score (nSPS) is 15.9. The van der Waals surface area contributed by atoms with Crippen molar-refractivity contribution in [3.63, 3.8) is 0 Å². The molecular weight excluding hydrogens is 279 g/mol. The molecule has 0 aromatic carbocycles. The number of rotatable bonds is 0. The smallest absolute Gasteiger partial charge is 0.0226 e. The predicted octanol–water partition coefficient (Wildman–Crippen LogP) is 5.60. The van der Waals surface area contributed by atoms with E-state index < -0.39 is 0 Å². The van der Waals surface area contributed by atoms with Crippen LogP contribution < -0.4 is 0 Å². The summed E-state index contributed by atoms with van der Waals surface area (Å²) in [5, 5.41) is 1.54. The molecule has 1 aliphatic rings. The quantitative estimate of drug-likeness (QED) is 0.547. The van der Waals surface area contributed by atoms with Gasteiger partial charge in [0.05, 0.1) is 0 Å². The van der Waals surface area contributed by atoms with Crippen molar-refractivity contribution in [2.24, 2.45) is 0 Å². The molecule has 1 unspecified atom stereocenters. The van der Waals surface area contributed by atoms with Crippen LogP contribution in [0.3, 0.4) is 0 Å². The number of aryl methyl sites for hydroxylation is 2. The van der Waals surface area contributed by atoms with Gasteiger partial charge in [-0.1, -0.05) is 24.1 Å². The van der Waals surface area contributed by atoms with E-state index in [0.717, 1.165) is 8.19 Å². The molecule has 101 valence electrons. The van der Waals surface area contributed by atoms with Crippen molar-refractivity contribution in [1.82, 2.24) is 0 Å². The van der Waals surface area contributed by atoms with Gasteiger partial charge >= 0.3 is 0 Å². The summed E-state index contributed by atoms with van der Waals surface area (Å²) in [4.78, 5) is 0. The standard InChI is InChI=1S/C10H15.C6H9P.Fe/c1-6-7(2)9(4)10(5)8(6)3;1-5-3-4-7-6(5)2;/h1-5H3;3-4,7H,1-2H3;. The molecule has 0 N–H and O–H groups in total. The third kappa shape index (κ3) is 3.89. The molecule has 2 rings (SSSR count). The van der Waals surface area contributed by atoms with Crippen molar-refractivity contribution in [2.45, 2.75) is 48.5 Å². The Morgan fingerprint density at radius 2 is 1.17 bits per heavy atom. The Balaban J connectivity index is 0.000000321. The number of allylic oxidation sites excluding steroid dienone is 4. The van der Waals surface area contributed by atoms with Crippen LogP contribution in [0.25, 0.3) is 0 Å². The van der Waals surface area contributed by atoms with Crippen molar-refractivity contribution < 1.29 is 17.1 Å². The molecule has 18 heavy (non-hydrogen) atoms. The van der Waals surface area contributed by atoms with E-state index in [1.807, 2.05) is 0 Å². The van der Waals surface area contributed by atoms with Crippen molar-refractivity contribution in [3.8, 4) is 0 Å². The molecule has 1 heterocycles. The second kappa shape index (κ2) is 7.39. The minimum Gasteiger partial charge on any atom is -0.137 e. The Bertz CT molecular complexity index is 423. The fourth-order valence-corrected chi connectivity index (χ4v) is 2.83. The first kappa shape index (κ1) is 17.8. The van der Waals surface area contributed by atoms with Gasteiger partial charge in [0.25, 0.3) is 0 Å². The summed E-state index contributed by atoms with van der Waals surface area (Å²) < 4.78 is 0. The van der Waals surface area contributed by atoms with Gasteiger partial charge < -0.3 is 0 Å². The zero-order valence-electron chi connectivity index (χ0n) is 12.5. The average Bonchev–Trinajstić information content (AvgIpc) is 2.75. The van der Waals surface area contributed by atoms with Gasteiger partial charge in [-0.05, 0) is 69.3 Å². The zero-order chi connectivity index (χ0) is 13.2. The van der Waals surface area contributed by atoms with Gasteiger partial charge in [-0.25, -0.2) is 0 Å². The van der Waals surface area contributed by atoms with Crippen LogP contribution in [0, 0.1) is 19.8 Å². The Morgan fingerprint density at radius 1 is 0.722 bits per heavy atom. The van der Waals surface area contributed by atoms with E-state index in [1.54, 1.807) is 5.30 Å². The van der Waals surface area contributed by atoms with Crippen molar-refractivity contribution in [2.75, 3.05) is 0 Å². The molecule has 0 saturated heterocycles. The SMILES string of the molecule is C[C]1C(C)=C(C)C(C)=C1C.Cc1cc[pH]c1C.[Fe]. The summed E-state index contributed by atoms with van der Waals surface area (Å²) in [5.74, 6) is 3.69. The molecule has 1 atom stereocenters. The first-order valence-electron chi connectivity index (χ1n) is 6.16. The van der Waals surface area contributed by atoms with Crippen LogP contribution in [0.15, 0.2) is 34.2 Å². The molecule has 0 aliphatic heterocycles. The first-order valence-corrected chi connectivity index (χ1v) is 7.24. The molecular formula is C16H24FeP. The molecule has 0 bridgehead atoms. The summed E-state index contributed by atoms with van der Waals surface area (Å²) in [6.07, 6.45) is 0. The Kier molecular flexibility index (Phi) is 7.30. The van der Waals surface area contributed by atoms with E-state index in [4.69, 9.17) is 0 Å². The predicted molar refractivity (Wildman–Crippen MR) is 81.1 cm³/mol. The van der Waals surface area contributed by atoms with E-state index in [-0.39, 0.29) is 17.1 Å². The third-order valence-corrected chi connectivity index (χ3v) is 5.20. The summed E-state index contributed by atoms with van der Waals surface area (Å²) in [6, 6.07) is 2.19. The van der Waals surface area contributed by atoms with Crippen LogP contribution >= 0.6 is 8.19 Å². The van der Waals surface area contributed by atoms with Crippen LogP contribution in [-0.4, -0.2) is 0 Å². The van der Waals surface area contributed by atoms with E-state index in [9.17, 15) is 0 Å². The molecule has 0 nitrogen and oxygen atoms in total. The Labute approximate surface area is 125 Å². The van der Waals surface area contributed by atoms with E-state index in [1.165, 1.54) is 33.8 Å². The fourth-order valence-electron chi connectivity index (χ4n) is 1.94. The second-order valence-electron chi connectivity index (χ2n) is 4.91. The fraction of sp³-hybridized carbons (Fsp3) is 0.438. The maximum atomic E-state index is 2.23. The van der Waals surface area contributed by atoms with Crippen LogP contribution in [-0.2, 0) is 17.1 Å². The van der Waals surface area contributed by atoms with Crippen LogP contribution in [0.4, 0.5) is 0 Å². The number of hydrogen-bond acceptors (Lipinski definition) is 0. The van der Waals surface area contributed by atoms with Gasteiger partial charge in [0.1, 0.15) is 0 Å². The Morgan fingerprint density at radius 3 is 1.28 bits per heavy atom. The van der Waals surface area contributed by atoms with E-state index in [2.05, 4.69) is 60.3 Å². The van der Waals surface area contributed by atoms with Crippen LogP contribution in [0.5, 0.6) is 0 Å². The van der Waals surface area contributed by atoms with Crippen LogP contribution in [0.1, 0.15) is 45.5 Å². The summed E-state index contributed by atoms with van der Waals surface area (Å²) >= 11 is 0. The summed E-state index contributed by atoms with van der Waals surface area (Å²) in [6.45, 7) is 15.3. The van der Waals surface area contributed by atoms with E-state index >= 15 is 0 Å². The van der Waals surface area contributed by atoms with Gasteiger partial charge in [0.2, 0.25) is 0 Å². The Hall–Kier alpha value is -0.221. The molecule has 0 saturated carbocycles. The molecule has 1 aromatic heterocycles. The average molecular weight is 303 g/mol. The van der Waals surface area contributed by atoms with Crippen molar-refractivity contribution in [1.29, 1.82) is 0 Å². The van der Waals surface area contributed by atoms with Gasteiger partial charge in [-0.3, -0.25) is 0 Å². The molecule has 1 radical (unpaired) electrons. The molecule has 2 heteroatoms. The van der Waals surface area contributed by atoms with Gasteiger partial charge in [-0.15, -0.1) is 8.19 Å². The molecule has 1 aromatic rings. The second-order valence-corrected chi connectivity index (χ2v) is 6.28. The van der Waals surface area contributed by atoms with E-state index in [0.29, 0.717) is 0 Å². The third-order valence-electron chi connectivity index (χ3n) is 4.04. The van der Waals surface area contributed by atoms with Crippen molar-refractivity contribution >= 4 is 8.19 Å². The molecule has 0 amide bonds. The van der Waals surface area contributed by atoms with Gasteiger partial charge in [-0.2, -0.15) is 0 Å². The molecule has 0 fully saturated rings. The topological polar surface area (TPSA) is 0 Å². The maximum Gasteiger partial charge on any atom is 0.0226 e. The largest absolute Gasteiger partial charge is 0.137 e. The monoisotopic (exact) mass is 303 g/mol. The van der Waals surface area contributed by atoms with Crippen LogP contribution in [0.2, 0.25) is 0 Å². The number of hydrogen-bond donors (Lipinski definition) is 0. The summed E-state index contributed by atoms with van der Waals surface area (Å²) in [5.41, 5.74) is 7.33. The molecule has 1 aliphatic carbocycles. The maximum absolute atomic E-state index is 2.23. The zero-order valence-corrected chi connectivity index (χ0v) is 14.6. The minimum atomic E-state index is 0.